The van der Waals surface area contributed by atoms with Gasteiger partial charge in [0, 0.05) is 23.3 Å². The van der Waals surface area contributed by atoms with Crippen molar-refractivity contribution >= 4 is 28.6 Å². The van der Waals surface area contributed by atoms with Crippen molar-refractivity contribution < 1.29 is 23.8 Å². The Bertz CT molecular complexity index is 1360. The third kappa shape index (κ3) is 3.87. The Balaban J connectivity index is 1.85. The molecule has 0 spiro atoms. The number of hydrogen-bond acceptors (Lipinski definition) is 7. The molecule has 2 aromatic carbocycles. The Labute approximate surface area is 190 Å². The Morgan fingerprint density at radius 2 is 1.76 bits per heavy atom. The molecular weight excluding hydrogens is 422 g/mol. The first kappa shape index (κ1) is 21.9. The standard InChI is InChI=1S/C25H23N3O5/c1-4-33-25(30)18-8-5-7-17(22(18)26)24(29)28-14-19(16-9-6-12-27-23(16)28)15-10-11-20(31-2)21(13-15)32-3/h5-14H,4,26H2,1-3H3. The van der Waals surface area contributed by atoms with Crippen molar-refractivity contribution in [1.82, 2.24) is 9.55 Å². The number of carbonyl (C=O) groups is 2. The monoisotopic (exact) mass is 445 g/mol. The van der Waals surface area contributed by atoms with Crippen LogP contribution in [-0.4, -0.2) is 42.3 Å². The number of aromatic nitrogens is 2. The Kier molecular flexibility index (Phi) is 5.99. The smallest absolute Gasteiger partial charge is 0.340 e. The van der Waals surface area contributed by atoms with Gasteiger partial charge < -0.3 is 19.9 Å². The van der Waals surface area contributed by atoms with Crippen LogP contribution in [0.5, 0.6) is 11.5 Å². The van der Waals surface area contributed by atoms with E-state index in [0.29, 0.717) is 17.1 Å². The summed E-state index contributed by atoms with van der Waals surface area (Å²) in [5.74, 6) is 0.181. The number of hydrogen-bond donors (Lipinski definition) is 1. The van der Waals surface area contributed by atoms with E-state index < -0.39 is 11.9 Å². The van der Waals surface area contributed by atoms with Crippen LogP contribution in [0.25, 0.3) is 22.2 Å². The molecule has 2 N–H and O–H groups in total. The van der Waals surface area contributed by atoms with Crippen molar-refractivity contribution in [2.24, 2.45) is 0 Å². The molecular formula is C25H23N3O5. The zero-order valence-electron chi connectivity index (χ0n) is 18.5. The van der Waals surface area contributed by atoms with E-state index in [1.54, 1.807) is 57.8 Å². The average Bonchev–Trinajstić information content (AvgIpc) is 3.23. The summed E-state index contributed by atoms with van der Waals surface area (Å²) in [5, 5.41) is 0.776. The minimum atomic E-state index is -0.578. The SMILES string of the molecule is CCOC(=O)c1cccc(C(=O)n2cc(-c3ccc(OC)c(OC)c3)c3cccnc32)c1N. The summed E-state index contributed by atoms with van der Waals surface area (Å²) >= 11 is 0. The molecule has 168 valence electrons. The number of rotatable bonds is 6. The topological polar surface area (TPSA) is 106 Å². The van der Waals surface area contributed by atoms with Crippen molar-refractivity contribution in [3.8, 4) is 22.6 Å². The van der Waals surface area contributed by atoms with Crippen LogP contribution in [0.15, 0.2) is 60.9 Å². The number of methoxy groups -OCH3 is 2. The molecule has 2 aromatic heterocycles. The lowest BCUT2D eigenvalue weighted by atomic mass is 10.1. The van der Waals surface area contributed by atoms with Crippen LogP contribution >= 0.6 is 0 Å². The van der Waals surface area contributed by atoms with Crippen molar-refractivity contribution in [2.45, 2.75) is 6.92 Å². The van der Waals surface area contributed by atoms with E-state index in [-0.39, 0.29) is 23.4 Å². The molecule has 0 bridgehead atoms. The van der Waals surface area contributed by atoms with Gasteiger partial charge >= 0.3 is 5.97 Å². The normalized spacial score (nSPS) is 10.8. The molecule has 0 saturated carbocycles. The van der Waals surface area contributed by atoms with Crippen molar-refractivity contribution in [2.75, 3.05) is 26.6 Å². The molecule has 0 aliphatic rings. The molecule has 0 atom stereocenters. The van der Waals surface area contributed by atoms with E-state index >= 15 is 0 Å². The minimum Gasteiger partial charge on any atom is -0.493 e. The summed E-state index contributed by atoms with van der Waals surface area (Å²) in [6.07, 6.45) is 3.32. The van der Waals surface area contributed by atoms with Gasteiger partial charge in [0.25, 0.3) is 5.91 Å². The first-order valence-electron chi connectivity index (χ1n) is 10.3. The molecule has 4 aromatic rings. The second kappa shape index (κ2) is 9.04. The molecule has 8 nitrogen and oxygen atoms in total. The van der Waals surface area contributed by atoms with E-state index in [9.17, 15) is 9.59 Å². The molecule has 0 unspecified atom stereocenters. The first-order valence-corrected chi connectivity index (χ1v) is 10.3. The Morgan fingerprint density at radius 3 is 2.48 bits per heavy atom. The fourth-order valence-corrected chi connectivity index (χ4v) is 3.72. The molecule has 0 saturated heterocycles. The Hall–Kier alpha value is -4.33. The number of fused-ring (bicyclic) bond motifs is 1. The van der Waals surface area contributed by atoms with Crippen LogP contribution in [0.1, 0.15) is 27.6 Å². The molecule has 8 heteroatoms. The number of benzene rings is 2. The van der Waals surface area contributed by atoms with E-state index in [1.165, 1.54) is 10.6 Å². The van der Waals surface area contributed by atoms with Gasteiger partial charge in [-0.05, 0) is 48.9 Å². The predicted molar refractivity (Wildman–Crippen MR) is 125 cm³/mol. The van der Waals surface area contributed by atoms with Gasteiger partial charge in [-0.25, -0.2) is 9.78 Å². The fraction of sp³-hybridized carbons (Fsp3) is 0.160. The number of nitrogens with zero attached hydrogens (tertiary/aromatic N) is 2. The molecule has 0 amide bonds. The quantitative estimate of drug-likeness (QED) is 0.351. The van der Waals surface area contributed by atoms with E-state index in [0.717, 1.165) is 16.5 Å². The maximum atomic E-state index is 13.5. The summed E-state index contributed by atoms with van der Waals surface area (Å²) in [7, 11) is 3.14. The van der Waals surface area contributed by atoms with Gasteiger partial charge in [0.1, 0.15) is 5.65 Å². The lowest BCUT2D eigenvalue weighted by molar-refractivity contribution is 0.0527. The van der Waals surface area contributed by atoms with Crippen LogP contribution in [0.3, 0.4) is 0 Å². The highest BCUT2D eigenvalue weighted by molar-refractivity contribution is 6.10. The number of para-hydroxylation sites is 1. The van der Waals surface area contributed by atoms with Crippen LogP contribution in [-0.2, 0) is 4.74 Å². The number of nitrogen functional groups attached to an aromatic ring is 1. The lowest BCUT2D eigenvalue weighted by Crippen LogP contribution is -2.16. The highest BCUT2D eigenvalue weighted by atomic mass is 16.5. The summed E-state index contributed by atoms with van der Waals surface area (Å²) in [4.78, 5) is 30.2. The van der Waals surface area contributed by atoms with E-state index in [2.05, 4.69) is 4.98 Å². The van der Waals surface area contributed by atoms with Crippen LogP contribution in [0, 0.1) is 0 Å². The van der Waals surface area contributed by atoms with Gasteiger partial charge in [-0.15, -0.1) is 0 Å². The average molecular weight is 445 g/mol. The molecule has 4 rings (SSSR count). The third-order valence-corrected chi connectivity index (χ3v) is 5.31. The number of esters is 1. The number of pyridine rings is 1. The first-order chi connectivity index (χ1) is 16.0. The van der Waals surface area contributed by atoms with Gasteiger partial charge in [0.2, 0.25) is 0 Å². The Morgan fingerprint density at radius 1 is 1.00 bits per heavy atom. The van der Waals surface area contributed by atoms with Gasteiger partial charge in [0.15, 0.2) is 11.5 Å². The largest absolute Gasteiger partial charge is 0.493 e. The number of carbonyl (C=O) groups excluding carboxylic acids is 2. The molecule has 2 heterocycles. The fourth-order valence-electron chi connectivity index (χ4n) is 3.72. The van der Waals surface area contributed by atoms with Crippen LogP contribution < -0.4 is 15.2 Å². The van der Waals surface area contributed by atoms with E-state index in [1.807, 2.05) is 18.2 Å². The second-order valence-electron chi connectivity index (χ2n) is 7.15. The molecule has 0 fully saturated rings. The van der Waals surface area contributed by atoms with E-state index in [4.69, 9.17) is 19.9 Å². The van der Waals surface area contributed by atoms with Gasteiger partial charge in [-0.2, -0.15) is 0 Å². The second-order valence-corrected chi connectivity index (χ2v) is 7.15. The number of ether oxygens (including phenoxy) is 3. The summed E-state index contributed by atoms with van der Waals surface area (Å²) in [6.45, 7) is 1.91. The van der Waals surface area contributed by atoms with Gasteiger partial charge in [0.05, 0.1) is 37.6 Å². The maximum absolute atomic E-state index is 13.5. The van der Waals surface area contributed by atoms with Crippen LogP contribution in [0.4, 0.5) is 5.69 Å². The zero-order valence-corrected chi connectivity index (χ0v) is 18.5. The highest BCUT2D eigenvalue weighted by Crippen LogP contribution is 2.36. The van der Waals surface area contributed by atoms with Gasteiger partial charge in [-0.1, -0.05) is 12.1 Å². The van der Waals surface area contributed by atoms with Crippen molar-refractivity contribution in [1.29, 1.82) is 0 Å². The zero-order chi connectivity index (χ0) is 23.5. The predicted octanol–water partition coefficient (Wildman–Crippen LogP) is 4.17. The van der Waals surface area contributed by atoms with Gasteiger partial charge in [-0.3, -0.25) is 9.36 Å². The molecule has 33 heavy (non-hydrogen) atoms. The summed E-state index contributed by atoms with van der Waals surface area (Å²) in [6, 6.07) is 13.9. The minimum absolute atomic E-state index is 0.0615. The number of anilines is 1. The molecule has 0 radical (unpaired) electrons. The summed E-state index contributed by atoms with van der Waals surface area (Å²) in [5.41, 5.74) is 8.66. The van der Waals surface area contributed by atoms with Crippen molar-refractivity contribution in [3.05, 3.63) is 72.1 Å². The maximum Gasteiger partial charge on any atom is 0.340 e. The van der Waals surface area contributed by atoms with Crippen LogP contribution in [0.2, 0.25) is 0 Å². The molecule has 0 aliphatic heterocycles. The molecule has 0 aliphatic carbocycles. The lowest BCUT2D eigenvalue weighted by Gasteiger charge is -2.10. The summed E-state index contributed by atoms with van der Waals surface area (Å²) < 4.78 is 17.2. The third-order valence-electron chi connectivity index (χ3n) is 5.31. The number of nitrogens with two attached hydrogens (primary N) is 1. The highest BCUT2D eigenvalue weighted by Gasteiger charge is 2.22. The van der Waals surface area contributed by atoms with Crippen molar-refractivity contribution in [3.63, 3.8) is 0 Å².